The van der Waals surface area contributed by atoms with Crippen molar-refractivity contribution < 1.29 is 19.7 Å². The van der Waals surface area contributed by atoms with Crippen LogP contribution >= 0.6 is 0 Å². The number of allylic oxidation sites excluding steroid dienone is 6. The van der Waals surface area contributed by atoms with Gasteiger partial charge in [0, 0.05) is 6.42 Å². The van der Waals surface area contributed by atoms with E-state index in [-0.39, 0.29) is 12.7 Å². The number of ether oxygens (including phenoxy) is 2. The third-order valence-corrected chi connectivity index (χ3v) is 4.64. The van der Waals surface area contributed by atoms with E-state index in [4.69, 9.17) is 9.47 Å². The number of unbranched alkanes of at least 4 members (excludes halogenated alkanes) is 5. The first kappa shape index (κ1) is 23.1. The van der Waals surface area contributed by atoms with Gasteiger partial charge < -0.3 is 19.7 Å². The lowest BCUT2D eigenvalue weighted by atomic mass is 9.94. The Labute approximate surface area is 159 Å². The molecular formula is C22H38O4. The maximum Gasteiger partial charge on any atom is 0.169 e. The molecule has 0 spiro atoms. The summed E-state index contributed by atoms with van der Waals surface area (Å²) in [7, 11) is 0. The minimum Gasteiger partial charge on any atom is -0.365 e. The normalized spacial score (nSPS) is 17.2. The summed E-state index contributed by atoms with van der Waals surface area (Å²) in [6, 6.07) is 0. The van der Waals surface area contributed by atoms with E-state index in [0.717, 1.165) is 32.1 Å². The molecule has 1 saturated heterocycles. The van der Waals surface area contributed by atoms with Crippen LogP contribution in [0.4, 0.5) is 0 Å². The van der Waals surface area contributed by atoms with E-state index in [2.05, 4.69) is 43.4 Å². The summed E-state index contributed by atoms with van der Waals surface area (Å²) in [6.45, 7) is 3.19. The molecule has 1 fully saturated rings. The van der Waals surface area contributed by atoms with Crippen molar-refractivity contribution in [1.29, 1.82) is 0 Å². The van der Waals surface area contributed by atoms with Crippen LogP contribution in [0.25, 0.3) is 0 Å². The van der Waals surface area contributed by atoms with Crippen LogP contribution in [-0.4, -0.2) is 36.0 Å². The third kappa shape index (κ3) is 11.6. The molecule has 1 rings (SSSR count). The average molecular weight is 367 g/mol. The zero-order valence-corrected chi connectivity index (χ0v) is 16.4. The average Bonchev–Trinajstić information content (AvgIpc) is 2.65. The molecule has 0 saturated carbocycles. The van der Waals surface area contributed by atoms with E-state index in [1.54, 1.807) is 0 Å². The van der Waals surface area contributed by atoms with E-state index >= 15 is 0 Å². The van der Waals surface area contributed by atoms with Crippen LogP contribution in [0.15, 0.2) is 36.5 Å². The highest BCUT2D eigenvalue weighted by Gasteiger charge is 2.35. The van der Waals surface area contributed by atoms with Crippen LogP contribution in [0.3, 0.4) is 0 Å². The van der Waals surface area contributed by atoms with Crippen LogP contribution in [0.1, 0.15) is 71.1 Å². The van der Waals surface area contributed by atoms with E-state index < -0.39 is 5.79 Å². The Morgan fingerprint density at radius 3 is 1.92 bits per heavy atom. The molecule has 1 heterocycles. The molecule has 0 aromatic carbocycles. The second kappa shape index (κ2) is 15.2. The monoisotopic (exact) mass is 366 g/mol. The molecule has 0 amide bonds. The number of aliphatic hydroxyl groups is 2. The topological polar surface area (TPSA) is 58.9 Å². The molecule has 1 aliphatic heterocycles. The molecular weight excluding hydrogens is 328 g/mol. The fraction of sp³-hybridized carbons (Fsp3) is 0.727. The Kier molecular flexibility index (Phi) is 13.5. The van der Waals surface area contributed by atoms with Crippen molar-refractivity contribution in [3.05, 3.63) is 36.5 Å². The Hall–Kier alpha value is -0.940. The van der Waals surface area contributed by atoms with Crippen molar-refractivity contribution in [2.75, 3.05) is 20.0 Å². The second-order valence-corrected chi connectivity index (χ2v) is 7.06. The summed E-state index contributed by atoms with van der Waals surface area (Å²) in [6.07, 6.45) is 23.4. The Balaban J connectivity index is 1.97. The van der Waals surface area contributed by atoms with Crippen LogP contribution in [-0.2, 0) is 9.47 Å². The summed E-state index contributed by atoms with van der Waals surface area (Å²) in [5.41, 5.74) is 0. The van der Waals surface area contributed by atoms with E-state index in [9.17, 15) is 10.2 Å². The Morgan fingerprint density at radius 1 is 0.808 bits per heavy atom. The van der Waals surface area contributed by atoms with E-state index in [1.165, 1.54) is 25.7 Å². The molecule has 2 N–H and O–H groups in total. The fourth-order valence-corrected chi connectivity index (χ4v) is 2.90. The summed E-state index contributed by atoms with van der Waals surface area (Å²) in [5, 5.41) is 20.2. The highest BCUT2D eigenvalue weighted by atomic mass is 16.7. The van der Waals surface area contributed by atoms with Crippen LogP contribution in [0.5, 0.6) is 0 Å². The quantitative estimate of drug-likeness (QED) is 0.261. The molecule has 26 heavy (non-hydrogen) atoms. The van der Waals surface area contributed by atoms with Gasteiger partial charge in [-0.2, -0.15) is 0 Å². The van der Waals surface area contributed by atoms with Gasteiger partial charge in [0.1, 0.15) is 6.79 Å². The van der Waals surface area contributed by atoms with Gasteiger partial charge in [-0.05, 0) is 44.9 Å². The molecule has 150 valence electrons. The lowest BCUT2D eigenvalue weighted by Gasteiger charge is -2.33. The molecule has 0 radical (unpaired) electrons. The van der Waals surface area contributed by atoms with Gasteiger partial charge >= 0.3 is 0 Å². The van der Waals surface area contributed by atoms with Crippen molar-refractivity contribution >= 4 is 0 Å². The Morgan fingerprint density at radius 2 is 1.35 bits per heavy atom. The molecule has 0 aromatic heterocycles. The van der Waals surface area contributed by atoms with Crippen LogP contribution < -0.4 is 0 Å². The molecule has 1 aliphatic rings. The first-order valence-electron chi connectivity index (χ1n) is 10.2. The first-order valence-corrected chi connectivity index (χ1v) is 10.2. The molecule has 4 heteroatoms. The standard InChI is InChI=1S/C22H38O4/c1-2-3-4-5-6-7-8-9-10-11-12-13-14-15-16-17-22(23,24)21-18-25-20-26-19-21/h6-7,9-10,12-13,21,23-24H,2-5,8,11,14-20H2,1H3/b7-6-,10-9-,13-12-. The van der Waals surface area contributed by atoms with Gasteiger partial charge in [0.25, 0.3) is 0 Å². The maximum absolute atomic E-state index is 10.1. The SMILES string of the molecule is CCCCC/C=C\C/C=C\C/C=C\CCCCC(O)(O)C1COCOC1. The van der Waals surface area contributed by atoms with Gasteiger partial charge in [-0.3, -0.25) is 0 Å². The summed E-state index contributed by atoms with van der Waals surface area (Å²) in [5.74, 6) is -2.03. The molecule has 0 aromatic rings. The molecule has 0 unspecified atom stereocenters. The number of hydrogen-bond acceptors (Lipinski definition) is 4. The summed E-state index contributed by atoms with van der Waals surface area (Å²) in [4.78, 5) is 0. The van der Waals surface area contributed by atoms with Crippen molar-refractivity contribution in [3.63, 3.8) is 0 Å². The minimum atomic E-state index is -1.68. The van der Waals surface area contributed by atoms with Gasteiger partial charge in [0.15, 0.2) is 5.79 Å². The van der Waals surface area contributed by atoms with Gasteiger partial charge in [-0.15, -0.1) is 0 Å². The lowest BCUT2D eigenvalue weighted by molar-refractivity contribution is -0.258. The molecule has 0 aliphatic carbocycles. The minimum absolute atomic E-state index is 0.251. The lowest BCUT2D eigenvalue weighted by Crippen LogP contribution is -2.45. The molecule has 0 bridgehead atoms. The second-order valence-electron chi connectivity index (χ2n) is 7.06. The zero-order chi connectivity index (χ0) is 18.9. The smallest absolute Gasteiger partial charge is 0.169 e. The van der Waals surface area contributed by atoms with Gasteiger partial charge in [-0.1, -0.05) is 56.2 Å². The summed E-state index contributed by atoms with van der Waals surface area (Å²) < 4.78 is 10.3. The van der Waals surface area contributed by atoms with Crippen LogP contribution in [0.2, 0.25) is 0 Å². The number of hydrogen-bond donors (Lipinski definition) is 2. The summed E-state index contributed by atoms with van der Waals surface area (Å²) >= 11 is 0. The van der Waals surface area contributed by atoms with E-state index in [1.807, 2.05) is 0 Å². The fourth-order valence-electron chi connectivity index (χ4n) is 2.90. The molecule has 0 atom stereocenters. The van der Waals surface area contributed by atoms with Crippen molar-refractivity contribution in [3.8, 4) is 0 Å². The van der Waals surface area contributed by atoms with E-state index in [0.29, 0.717) is 19.6 Å². The highest BCUT2D eigenvalue weighted by Crippen LogP contribution is 2.24. The highest BCUT2D eigenvalue weighted by molar-refractivity contribution is 4.97. The predicted molar refractivity (Wildman–Crippen MR) is 107 cm³/mol. The van der Waals surface area contributed by atoms with Crippen molar-refractivity contribution in [2.24, 2.45) is 5.92 Å². The largest absolute Gasteiger partial charge is 0.365 e. The van der Waals surface area contributed by atoms with Gasteiger partial charge in [0.05, 0.1) is 19.1 Å². The molecule has 4 nitrogen and oxygen atoms in total. The Bertz CT molecular complexity index is 406. The van der Waals surface area contributed by atoms with Crippen LogP contribution in [0, 0.1) is 5.92 Å². The number of rotatable bonds is 14. The van der Waals surface area contributed by atoms with Crippen molar-refractivity contribution in [1.82, 2.24) is 0 Å². The first-order chi connectivity index (χ1) is 12.7. The third-order valence-electron chi connectivity index (χ3n) is 4.64. The zero-order valence-electron chi connectivity index (χ0n) is 16.4. The van der Waals surface area contributed by atoms with Gasteiger partial charge in [0.2, 0.25) is 0 Å². The van der Waals surface area contributed by atoms with Crippen molar-refractivity contribution in [2.45, 2.75) is 76.9 Å². The maximum atomic E-state index is 10.1. The predicted octanol–water partition coefficient (Wildman–Crippen LogP) is 4.88. The van der Waals surface area contributed by atoms with Gasteiger partial charge in [-0.25, -0.2) is 0 Å².